The lowest BCUT2D eigenvalue weighted by Crippen LogP contribution is -2.11. The maximum absolute atomic E-state index is 12.9. The molecule has 4 rings (SSSR count). The number of carbonyl (C=O) groups excluding carboxylic acids is 1. The molecule has 0 fully saturated rings. The van der Waals surface area contributed by atoms with Crippen molar-refractivity contribution < 1.29 is 9.53 Å². The fourth-order valence-electron chi connectivity index (χ4n) is 3.49. The summed E-state index contributed by atoms with van der Waals surface area (Å²) in [5, 5.41) is 9.01. The van der Waals surface area contributed by atoms with E-state index in [9.17, 15) is 4.79 Å². The van der Waals surface area contributed by atoms with Crippen LogP contribution in [-0.2, 0) is 6.42 Å². The second-order valence-electron chi connectivity index (χ2n) is 7.42. The van der Waals surface area contributed by atoms with Crippen LogP contribution in [0.15, 0.2) is 48.5 Å². The molecule has 0 saturated heterocycles. The largest absolute Gasteiger partial charge is 0.497 e. The van der Waals surface area contributed by atoms with Crippen LogP contribution < -0.4 is 10.1 Å². The summed E-state index contributed by atoms with van der Waals surface area (Å²) < 4.78 is 6.97. The van der Waals surface area contributed by atoms with Crippen molar-refractivity contribution in [1.29, 1.82) is 0 Å². The molecule has 1 amide bonds. The first-order valence-electron chi connectivity index (χ1n) is 10.1. The number of aromatic nitrogens is 3. The van der Waals surface area contributed by atoms with Crippen LogP contribution in [0.5, 0.6) is 5.75 Å². The van der Waals surface area contributed by atoms with Crippen LogP contribution in [0.25, 0.3) is 5.13 Å². The number of ether oxygens (including phenoxy) is 1. The number of methoxy groups -OCH3 is 1. The van der Waals surface area contributed by atoms with Gasteiger partial charge in [-0.25, -0.2) is 9.67 Å². The summed E-state index contributed by atoms with van der Waals surface area (Å²) in [6, 6.07) is 15.0. The highest BCUT2D eigenvalue weighted by Crippen LogP contribution is 2.28. The molecule has 0 aliphatic heterocycles. The Hall–Kier alpha value is -3.16. The zero-order chi connectivity index (χ0) is 22.8. The number of carbonyl (C=O) groups is 1. The molecular formula is C24H23ClN4O2S. The van der Waals surface area contributed by atoms with Crippen molar-refractivity contribution in [3.8, 4) is 10.9 Å². The number of benzene rings is 2. The Morgan fingerprint density at radius 1 is 1.09 bits per heavy atom. The lowest BCUT2D eigenvalue weighted by Gasteiger charge is -2.05. The van der Waals surface area contributed by atoms with Gasteiger partial charge in [0, 0.05) is 28.4 Å². The Bertz CT molecular complexity index is 1280. The minimum atomic E-state index is -0.200. The number of halogens is 1. The summed E-state index contributed by atoms with van der Waals surface area (Å²) in [4.78, 5) is 18.0. The smallest absolute Gasteiger partial charge is 0.267 e. The fraction of sp³-hybridized carbons (Fsp3) is 0.208. The number of hydrogen-bond donors (Lipinski definition) is 1. The molecule has 4 aromatic rings. The molecule has 0 bridgehead atoms. The van der Waals surface area contributed by atoms with Gasteiger partial charge in [-0.15, -0.1) is 0 Å². The van der Waals surface area contributed by atoms with Gasteiger partial charge in [-0.1, -0.05) is 41.1 Å². The quantitative estimate of drug-likeness (QED) is 0.392. The van der Waals surface area contributed by atoms with Crippen molar-refractivity contribution in [2.24, 2.45) is 0 Å². The number of thiazole rings is 1. The van der Waals surface area contributed by atoms with E-state index in [1.54, 1.807) is 31.4 Å². The average Bonchev–Trinajstić information content (AvgIpc) is 3.30. The van der Waals surface area contributed by atoms with Gasteiger partial charge in [0.2, 0.25) is 5.13 Å². The van der Waals surface area contributed by atoms with Crippen molar-refractivity contribution in [1.82, 2.24) is 14.8 Å². The Labute approximate surface area is 195 Å². The first-order valence-corrected chi connectivity index (χ1v) is 11.3. The van der Waals surface area contributed by atoms with Gasteiger partial charge in [-0.3, -0.25) is 4.79 Å². The third-order valence-electron chi connectivity index (χ3n) is 5.29. The molecule has 0 atom stereocenters. The zero-order valence-corrected chi connectivity index (χ0v) is 19.8. The second kappa shape index (κ2) is 9.14. The van der Waals surface area contributed by atoms with E-state index in [0.29, 0.717) is 27.8 Å². The third kappa shape index (κ3) is 4.40. The second-order valence-corrected chi connectivity index (χ2v) is 8.81. The lowest BCUT2D eigenvalue weighted by molar-refractivity contribution is 0.103. The Morgan fingerprint density at radius 3 is 2.50 bits per heavy atom. The monoisotopic (exact) mass is 466 g/mol. The van der Waals surface area contributed by atoms with E-state index in [2.05, 4.69) is 10.3 Å². The van der Waals surface area contributed by atoms with Gasteiger partial charge in [0.25, 0.3) is 5.91 Å². The molecule has 164 valence electrons. The number of amides is 1. The van der Waals surface area contributed by atoms with Crippen LogP contribution in [-0.4, -0.2) is 27.8 Å². The lowest BCUT2D eigenvalue weighted by atomic mass is 10.0. The highest BCUT2D eigenvalue weighted by atomic mass is 35.5. The van der Waals surface area contributed by atoms with Gasteiger partial charge in [-0.05, 0) is 56.7 Å². The van der Waals surface area contributed by atoms with Gasteiger partial charge in [0.15, 0.2) is 0 Å². The zero-order valence-electron chi connectivity index (χ0n) is 18.3. The van der Waals surface area contributed by atoms with Crippen LogP contribution in [0.1, 0.15) is 37.9 Å². The van der Waals surface area contributed by atoms with E-state index < -0.39 is 0 Å². The first-order chi connectivity index (χ1) is 15.4. The standard InChI is InChI=1S/C24H23ClN4O2S/c1-14-20(13-17-7-5-6-8-21(17)25)16(3)29(28-14)24-26-15(2)22(32-24)23(30)27-18-9-11-19(31-4)12-10-18/h5-12H,13H2,1-4H3,(H,27,30). The molecular weight excluding hydrogens is 444 g/mol. The molecule has 1 N–H and O–H groups in total. The number of aryl methyl sites for hydroxylation is 2. The third-order valence-corrected chi connectivity index (χ3v) is 6.79. The Kier molecular flexibility index (Phi) is 6.30. The number of nitrogens with one attached hydrogen (secondary N) is 1. The van der Waals surface area contributed by atoms with E-state index in [1.165, 1.54) is 11.3 Å². The van der Waals surface area contributed by atoms with E-state index in [1.807, 2.05) is 49.7 Å². The molecule has 2 heterocycles. The fourth-order valence-corrected chi connectivity index (χ4v) is 4.66. The minimum Gasteiger partial charge on any atom is -0.497 e. The van der Waals surface area contributed by atoms with E-state index in [4.69, 9.17) is 21.4 Å². The summed E-state index contributed by atoms with van der Waals surface area (Å²) in [7, 11) is 1.61. The van der Waals surface area contributed by atoms with Crippen LogP contribution >= 0.6 is 22.9 Å². The van der Waals surface area contributed by atoms with E-state index in [-0.39, 0.29) is 5.91 Å². The maximum atomic E-state index is 12.9. The van der Waals surface area contributed by atoms with E-state index in [0.717, 1.165) is 33.3 Å². The van der Waals surface area contributed by atoms with Crippen molar-refractivity contribution in [3.05, 3.63) is 86.6 Å². The predicted molar refractivity (Wildman–Crippen MR) is 129 cm³/mol. The molecule has 6 nitrogen and oxygen atoms in total. The normalized spacial score (nSPS) is 10.9. The molecule has 0 spiro atoms. The van der Waals surface area contributed by atoms with Crippen molar-refractivity contribution in [3.63, 3.8) is 0 Å². The molecule has 0 radical (unpaired) electrons. The summed E-state index contributed by atoms with van der Waals surface area (Å²) in [6.07, 6.45) is 0.687. The SMILES string of the molecule is COc1ccc(NC(=O)c2sc(-n3nc(C)c(Cc4ccccc4Cl)c3C)nc2C)cc1. The molecule has 2 aromatic carbocycles. The van der Waals surface area contributed by atoms with Gasteiger partial charge in [0.1, 0.15) is 10.6 Å². The Morgan fingerprint density at radius 2 is 1.81 bits per heavy atom. The van der Waals surface area contributed by atoms with Crippen molar-refractivity contribution in [2.75, 3.05) is 12.4 Å². The van der Waals surface area contributed by atoms with Crippen molar-refractivity contribution >= 4 is 34.5 Å². The molecule has 32 heavy (non-hydrogen) atoms. The summed E-state index contributed by atoms with van der Waals surface area (Å²) in [6.45, 7) is 5.83. The summed E-state index contributed by atoms with van der Waals surface area (Å²) in [5.74, 6) is 0.533. The highest BCUT2D eigenvalue weighted by molar-refractivity contribution is 7.16. The molecule has 0 saturated carbocycles. The van der Waals surface area contributed by atoms with Gasteiger partial charge in [0.05, 0.1) is 18.5 Å². The predicted octanol–water partition coefficient (Wildman–Crippen LogP) is 5.76. The van der Waals surface area contributed by atoms with Crippen molar-refractivity contribution in [2.45, 2.75) is 27.2 Å². The number of nitrogens with zero attached hydrogens (tertiary/aromatic N) is 3. The number of hydrogen-bond acceptors (Lipinski definition) is 5. The molecule has 0 unspecified atom stereocenters. The molecule has 8 heteroatoms. The van der Waals surface area contributed by atoms with Crippen LogP contribution in [0.4, 0.5) is 5.69 Å². The minimum absolute atomic E-state index is 0.200. The Balaban J connectivity index is 1.59. The number of anilines is 1. The number of rotatable bonds is 6. The maximum Gasteiger partial charge on any atom is 0.267 e. The molecule has 2 aromatic heterocycles. The average molecular weight is 467 g/mol. The summed E-state index contributed by atoms with van der Waals surface area (Å²) >= 11 is 7.68. The molecule has 0 aliphatic rings. The first kappa shape index (κ1) is 22.0. The summed E-state index contributed by atoms with van der Waals surface area (Å²) in [5.41, 5.74) is 5.41. The van der Waals surface area contributed by atoms with Gasteiger partial charge < -0.3 is 10.1 Å². The highest BCUT2D eigenvalue weighted by Gasteiger charge is 2.20. The topological polar surface area (TPSA) is 69.0 Å². The van der Waals surface area contributed by atoms with E-state index >= 15 is 0 Å². The van der Waals surface area contributed by atoms with Gasteiger partial charge >= 0.3 is 0 Å². The van der Waals surface area contributed by atoms with Crippen LogP contribution in [0.3, 0.4) is 0 Å². The molecule has 0 aliphatic carbocycles. The van der Waals surface area contributed by atoms with Crippen LogP contribution in [0, 0.1) is 20.8 Å². The van der Waals surface area contributed by atoms with Gasteiger partial charge in [-0.2, -0.15) is 5.10 Å². The van der Waals surface area contributed by atoms with Crippen LogP contribution in [0.2, 0.25) is 5.02 Å².